The minimum absolute atomic E-state index is 0.0657. The first-order chi connectivity index (χ1) is 12.4. The third-order valence-corrected chi connectivity index (χ3v) is 4.44. The molecule has 26 heavy (non-hydrogen) atoms. The summed E-state index contributed by atoms with van der Waals surface area (Å²) in [7, 11) is 0. The van der Waals surface area contributed by atoms with Gasteiger partial charge in [0.1, 0.15) is 0 Å². The minimum Gasteiger partial charge on any atom is -0.449 e. The Labute approximate surface area is 153 Å². The summed E-state index contributed by atoms with van der Waals surface area (Å²) in [5.41, 5.74) is 1.12. The lowest BCUT2D eigenvalue weighted by atomic mass is 10.1. The number of likely N-dealkylation sites (tertiary alicyclic amines) is 1. The van der Waals surface area contributed by atoms with Gasteiger partial charge in [-0.05, 0) is 37.0 Å². The number of hydrogen-bond acceptors (Lipinski definition) is 4. The average molecular weight is 359 g/mol. The molecule has 0 aromatic heterocycles. The molecule has 7 heteroatoms. The zero-order valence-corrected chi connectivity index (χ0v) is 15.2. The first kappa shape index (κ1) is 18.2. The molecule has 1 aliphatic heterocycles. The molecular formula is C19H25N3O4. The van der Waals surface area contributed by atoms with Gasteiger partial charge in [-0.15, -0.1) is 0 Å². The van der Waals surface area contributed by atoms with E-state index >= 15 is 0 Å². The van der Waals surface area contributed by atoms with Crippen LogP contribution in [0, 0.1) is 11.8 Å². The smallest absolute Gasteiger partial charge is 0.411 e. The van der Waals surface area contributed by atoms with Gasteiger partial charge in [-0.2, -0.15) is 0 Å². The summed E-state index contributed by atoms with van der Waals surface area (Å²) in [5.74, 6) is -0.163. The zero-order chi connectivity index (χ0) is 18.7. The number of carbonyl (C=O) groups excluding carboxylic acids is 3. The number of ether oxygens (including phenoxy) is 1. The second-order valence-corrected chi connectivity index (χ2v) is 7.37. The van der Waals surface area contributed by atoms with Crippen molar-refractivity contribution in [3.63, 3.8) is 0 Å². The maximum Gasteiger partial charge on any atom is 0.411 e. The second-order valence-electron chi connectivity index (χ2n) is 7.37. The summed E-state index contributed by atoms with van der Waals surface area (Å²) in [6.07, 6.45) is 1.83. The Morgan fingerprint density at radius 2 is 1.92 bits per heavy atom. The highest BCUT2D eigenvalue weighted by Gasteiger charge is 2.41. The van der Waals surface area contributed by atoms with E-state index < -0.39 is 6.09 Å². The lowest BCUT2D eigenvalue weighted by molar-refractivity contribution is -0.128. The molecule has 140 valence electrons. The van der Waals surface area contributed by atoms with Crippen LogP contribution in [-0.2, 0) is 14.3 Å². The van der Waals surface area contributed by atoms with Crippen LogP contribution in [0.4, 0.5) is 16.2 Å². The van der Waals surface area contributed by atoms with Gasteiger partial charge in [-0.25, -0.2) is 4.79 Å². The van der Waals surface area contributed by atoms with Gasteiger partial charge in [0.2, 0.25) is 11.8 Å². The Kier molecular flexibility index (Phi) is 5.44. The molecule has 1 atom stereocenters. The van der Waals surface area contributed by atoms with Gasteiger partial charge < -0.3 is 15.0 Å². The Morgan fingerprint density at radius 1 is 1.23 bits per heavy atom. The van der Waals surface area contributed by atoms with Gasteiger partial charge in [0.05, 0.1) is 12.5 Å². The van der Waals surface area contributed by atoms with E-state index in [-0.39, 0.29) is 30.1 Å². The molecule has 1 saturated heterocycles. The van der Waals surface area contributed by atoms with Crippen LogP contribution in [0.5, 0.6) is 0 Å². The predicted molar refractivity (Wildman–Crippen MR) is 97.7 cm³/mol. The van der Waals surface area contributed by atoms with Crippen LogP contribution in [0.3, 0.4) is 0 Å². The van der Waals surface area contributed by atoms with Crippen LogP contribution in [0.1, 0.15) is 33.1 Å². The molecule has 0 radical (unpaired) electrons. The standard InChI is InChI=1S/C19H25N3O4/c1-12(2)11-26-19(25)21-15-5-3-4-14(9-15)20-18(24)13-8-17(23)22(10-13)16-6-7-16/h3-5,9,12-13,16H,6-8,10-11H2,1-2H3,(H,20,24)(H,21,25). The van der Waals surface area contributed by atoms with Crippen LogP contribution in [0.25, 0.3) is 0 Å². The Hall–Kier alpha value is -2.57. The molecule has 3 rings (SSSR count). The number of amides is 3. The van der Waals surface area contributed by atoms with Crippen molar-refractivity contribution in [2.45, 2.75) is 39.2 Å². The van der Waals surface area contributed by atoms with E-state index in [1.807, 2.05) is 18.7 Å². The number of benzene rings is 1. The topological polar surface area (TPSA) is 87.7 Å². The quantitative estimate of drug-likeness (QED) is 0.817. The summed E-state index contributed by atoms with van der Waals surface area (Å²) in [6, 6.07) is 7.22. The highest BCUT2D eigenvalue weighted by atomic mass is 16.5. The van der Waals surface area contributed by atoms with E-state index in [2.05, 4.69) is 10.6 Å². The monoisotopic (exact) mass is 359 g/mol. The first-order valence-electron chi connectivity index (χ1n) is 9.06. The fourth-order valence-electron chi connectivity index (χ4n) is 2.96. The summed E-state index contributed by atoms with van der Waals surface area (Å²) < 4.78 is 5.08. The molecule has 2 aliphatic rings. The average Bonchev–Trinajstić information content (AvgIpc) is 3.35. The van der Waals surface area contributed by atoms with Gasteiger partial charge in [0.15, 0.2) is 0 Å². The molecule has 7 nitrogen and oxygen atoms in total. The summed E-state index contributed by atoms with van der Waals surface area (Å²) in [4.78, 5) is 38.0. The first-order valence-corrected chi connectivity index (χ1v) is 9.06. The minimum atomic E-state index is -0.524. The van der Waals surface area contributed by atoms with Crippen molar-refractivity contribution in [1.82, 2.24) is 4.90 Å². The number of hydrogen-bond donors (Lipinski definition) is 2. The van der Waals surface area contributed by atoms with E-state index in [9.17, 15) is 14.4 Å². The molecule has 1 aliphatic carbocycles. The fraction of sp³-hybridized carbons (Fsp3) is 0.526. The van der Waals surface area contributed by atoms with E-state index in [1.165, 1.54) is 0 Å². The molecule has 0 bridgehead atoms. The Balaban J connectivity index is 1.54. The lowest BCUT2D eigenvalue weighted by Crippen LogP contribution is -2.29. The highest BCUT2D eigenvalue weighted by molar-refractivity contribution is 5.98. The number of nitrogens with zero attached hydrogens (tertiary/aromatic N) is 1. The van der Waals surface area contributed by atoms with Gasteiger partial charge in [0.25, 0.3) is 0 Å². The molecule has 2 fully saturated rings. The lowest BCUT2D eigenvalue weighted by Gasteiger charge is -2.15. The van der Waals surface area contributed by atoms with Crippen molar-refractivity contribution in [2.24, 2.45) is 11.8 Å². The molecule has 3 amide bonds. The molecule has 1 saturated carbocycles. The zero-order valence-electron chi connectivity index (χ0n) is 15.2. The summed E-state index contributed by atoms with van der Waals surface area (Å²) in [5, 5.41) is 5.48. The molecule has 1 aromatic rings. The van der Waals surface area contributed by atoms with Crippen molar-refractivity contribution >= 4 is 29.3 Å². The van der Waals surface area contributed by atoms with E-state index in [0.29, 0.717) is 30.6 Å². The highest BCUT2D eigenvalue weighted by Crippen LogP contribution is 2.33. The van der Waals surface area contributed by atoms with E-state index in [1.54, 1.807) is 24.3 Å². The number of carbonyl (C=O) groups is 3. The summed E-state index contributed by atoms with van der Waals surface area (Å²) in [6.45, 7) is 4.76. The van der Waals surface area contributed by atoms with E-state index in [0.717, 1.165) is 12.8 Å². The van der Waals surface area contributed by atoms with Gasteiger partial charge in [0, 0.05) is 30.4 Å². The van der Waals surface area contributed by atoms with Gasteiger partial charge in [-0.3, -0.25) is 14.9 Å². The van der Waals surface area contributed by atoms with Crippen molar-refractivity contribution in [3.8, 4) is 0 Å². The number of nitrogens with one attached hydrogen (secondary N) is 2. The predicted octanol–water partition coefficient (Wildman–Crippen LogP) is 2.84. The number of rotatable bonds is 6. The fourth-order valence-corrected chi connectivity index (χ4v) is 2.96. The van der Waals surface area contributed by atoms with Crippen LogP contribution < -0.4 is 10.6 Å². The Bertz CT molecular complexity index is 700. The van der Waals surface area contributed by atoms with Crippen molar-refractivity contribution < 1.29 is 19.1 Å². The van der Waals surface area contributed by atoms with Crippen molar-refractivity contribution in [3.05, 3.63) is 24.3 Å². The third-order valence-electron chi connectivity index (χ3n) is 4.44. The summed E-state index contributed by atoms with van der Waals surface area (Å²) >= 11 is 0. The van der Waals surface area contributed by atoms with Crippen LogP contribution in [0.15, 0.2) is 24.3 Å². The maximum atomic E-state index is 12.5. The largest absolute Gasteiger partial charge is 0.449 e. The van der Waals surface area contributed by atoms with Gasteiger partial charge in [-0.1, -0.05) is 19.9 Å². The second kappa shape index (κ2) is 7.76. The van der Waals surface area contributed by atoms with Crippen LogP contribution in [0.2, 0.25) is 0 Å². The normalized spacial score (nSPS) is 19.6. The maximum absolute atomic E-state index is 12.5. The molecule has 0 spiro atoms. The van der Waals surface area contributed by atoms with Crippen molar-refractivity contribution in [1.29, 1.82) is 0 Å². The van der Waals surface area contributed by atoms with Gasteiger partial charge >= 0.3 is 6.09 Å². The molecule has 2 N–H and O–H groups in total. The van der Waals surface area contributed by atoms with Crippen molar-refractivity contribution in [2.75, 3.05) is 23.8 Å². The molecule has 1 unspecified atom stereocenters. The number of anilines is 2. The SMILES string of the molecule is CC(C)COC(=O)Nc1cccc(NC(=O)C2CC(=O)N(C3CC3)C2)c1. The van der Waals surface area contributed by atoms with Crippen LogP contribution >= 0.6 is 0 Å². The van der Waals surface area contributed by atoms with E-state index in [4.69, 9.17) is 4.74 Å². The Morgan fingerprint density at radius 3 is 2.58 bits per heavy atom. The molecule has 1 aromatic carbocycles. The molecule has 1 heterocycles. The third kappa shape index (κ3) is 4.74. The van der Waals surface area contributed by atoms with Crippen LogP contribution in [-0.4, -0.2) is 42.0 Å². The molecular weight excluding hydrogens is 334 g/mol.